The van der Waals surface area contributed by atoms with Gasteiger partial charge in [-0.3, -0.25) is 4.79 Å². The van der Waals surface area contributed by atoms with Crippen LogP contribution in [0.1, 0.15) is 11.3 Å². The van der Waals surface area contributed by atoms with E-state index in [0.29, 0.717) is 12.4 Å². The summed E-state index contributed by atoms with van der Waals surface area (Å²) < 4.78 is 10.9. The molecule has 0 fully saturated rings. The fourth-order valence-electron chi connectivity index (χ4n) is 1.62. The van der Waals surface area contributed by atoms with Crippen molar-refractivity contribution in [3.63, 3.8) is 0 Å². The standard InChI is InChI=1S/C16H17NO3/c1-17(2)10-8-15-16(14(18)9-11-19-15)20-12-13-6-4-3-5-7-13/h3-11H,12H2,1-2H3. The van der Waals surface area contributed by atoms with Crippen LogP contribution in [0.15, 0.2) is 58.1 Å². The van der Waals surface area contributed by atoms with Crippen LogP contribution in [0.25, 0.3) is 6.08 Å². The molecule has 0 amide bonds. The van der Waals surface area contributed by atoms with Gasteiger partial charge in [0.15, 0.2) is 5.76 Å². The maximum absolute atomic E-state index is 11.9. The SMILES string of the molecule is CN(C)C=Cc1occc(=O)c1OCc1ccccc1. The van der Waals surface area contributed by atoms with E-state index < -0.39 is 0 Å². The molecular weight excluding hydrogens is 254 g/mol. The molecule has 0 radical (unpaired) electrons. The lowest BCUT2D eigenvalue weighted by Crippen LogP contribution is -2.08. The van der Waals surface area contributed by atoms with E-state index in [2.05, 4.69) is 0 Å². The highest BCUT2D eigenvalue weighted by Gasteiger charge is 2.08. The zero-order valence-corrected chi connectivity index (χ0v) is 11.6. The zero-order valence-electron chi connectivity index (χ0n) is 11.6. The highest BCUT2D eigenvalue weighted by atomic mass is 16.5. The maximum atomic E-state index is 11.9. The van der Waals surface area contributed by atoms with Gasteiger partial charge in [0.2, 0.25) is 11.2 Å². The zero-order chi connectivity index (χ0) is 14.4. The van der Waals surface area contributed by atoms with Crippen molar-refractivity contribution >= 4 is 6.08 Å². The molecule has 4 heteroatoms. The molecule has 0 saturated carbocycles. The fourth-order valence-corrected chi connectivity index (χ4v) is 1.62. The number of nitrogens with zero attached hydrogens (tertiary/aromatic N) is 1. The first kappa shape index (κ1) is 13.9. The Kier molecular flexibility index (Phi) is 4.60. The van der Waals surface area contributed by atoms with Crippen LogP contribution in [-0.4, -0.2) is 19.0 Å². The van der Waals surface area contributed by atoms with Crippen LogP contribution in [0.4, 0.5) is 0 Å². The summed E-state index contributed by atoms with van der Waals surface area (Å²) in [5.41, 5.74) is 0.809. The van der Waals surface area contributed by atoms with Crippen LogP contribution in [0, 0.1) is 0 Å². The summed E-state index contributed by atoms with van der Waals surface area (Å²) in [5, 5.41) is 0. The lowest BCUT2D eigenvalue weighted by molar-refractivity contribution is 0.290. The van der Waals surface area contributed by atoms with Gasteiger partial charge in [-0.1, -0.05) is 30.3 Å². The van der Waals surface area contributed by atoms with Crippen molar-refractivity contribution in [3.8, 4) is 5.75 Å². The smallest absolute Gasteiger partial charge is 0.227 e. The number of ether oxygens (including phenoxy) is 1. The van der Waals surface area contributed by atoms with Gasteiger partial charge < -0.3 is 14.1 Å². The highest BCUT2D eigenvalue weighted by molar-refractivity contribution is 5.50. The fraction of sp³-hybridized carbons (Fsp3) is 0.188. The largest absolute Gasteiger partial charge is 0.481 e. The average molecular weight is 271 g/mol. The van der Waals surface area contributed by atoms with Gasteiger partial charge in [-0.2, -0.15) is 0 Å². The van der Waals surface area contributed by atoms with Crippen LogP contribution in [0.5, 0.6) is 5.75 Å². The van der Waals surface area contributed by atoms with Gasteiger partial charge in [0.1, 0.15) is 6.61 Å². The predicted molar refractivity (Wildman–Crippen MR) is 78.5 cm³/mol. The van der Waals surface area contributed by atoms with Crippen molar-refractivity contribution in [2.24, 2.45) is 0 Å². The first-order valence-corrected chi connectivity index (χ1v) is 6.30. The summed E-state index contributed by atoms with van der Waals surface area (Å²) in [7, 11) is 3.78. The molecule has 0 bridgehead atoms. The second-order valence-electron chi connectivity index (χ2n) is 4.53. The monoisotopic (exact) mass is 271 g/mol. The topological polar surface area (TPSA) is 42.7 Å². The molecule has 4 nitrogen and oxygen atoms in total. The van der Waals surface area contributed by atoms with E-state index in [0.717, 1.165) is 5.56 Å². The molecule has 20 heavy (non-hydrogen) atoms. The van der Waals surface area contributed by atoms with E-state index in [1.807, 2.05) is 49.3 Å². The average Bonchev–Trinajstić information content (AvgIpc) is 2.45. The molecule has 0 atom stereocenters. The van der Waals surface area contributed by atoms with Gasteiger partial charge >= 0.3 is 0 Å². The van der Waals surface area contributed by atoms with E-state index >= 15 is 0 Å². The second kappa shape index (κ2) is 6.61. The lowest BCUT2D eigenvalue weighted by Gasteiger charge is -2.08. The molecule has 104 valence electrons. The third kappa shape index (κ3) is 3.75. The Morgan fingerprint density at radius 2 is 1.95 bits per heavy atom. The molecule has 0 aliphatic rings. The Bertz CT molecular complexity index is 630. The summed E-state index contributed by atoms with van der Waals surface area (Å²) in [5.74, 6) is 0.650. The minimum atomic E-state index is -0.189. The minimum Gasteiger partial charge on any atom is -0.481 e. The van der Waals surface area contributed by atoms with Crippen molar-refractivity contribution in [2.45, 2.75) is 6.61 Å². The molecule has 0 N–H and O–H groups in total. The molecule has 2 rings (SSSR count). The molecule has 0 saturated heterocycles. The van der Waals surface area contributed by atoms with Crippen molar-refractivity contribution in [1.82, 2.24) is 4.90 Å². The van der Waals surface area contributed by atoms with E-state index in [4.69, 9.17) is 9.15 Å². The number of benzene rings is 1. The summed E-state index contributed by atoms with van der Waals surface area (Å²) >= 11 is 0. The summed E-state index contributed by atoms with van der Waals surface area (Å²) in [6.45, 7) is 0.332. The lowest BCUT2D eigenvalue weighted by atomic mass is 10.2. The third-order valence-corrected chi connectivity index (χ3v) is 2.61. The van der Waals surface area contributed by atoms with E-state index in [1.165, 1.54) is 12.3 Å². The molecular formula is C16H17NO3. The highest BCUT2D eigenvalue weighted by Crippen LogP contribution is 2.16. The number of rotatable bonds is 5. The van der Waals surface area contributed by atoms with Gasteiger partial charge in [0, 0.05) is 32.4 Å². The normalized spacial score (nSPS) is 10.7. The van der Waals surface area contributed by atoms with E-state index in [1.54, 1.807) is 12.3 Å². The van der Waals surface area contributed by atoms with Crippen molar-refractivity contribution < 1.29 is 9.15 Å². The van der Waals surface area contributed by atoms with Gasteiger partial charge in [-0.25, -0.2) is 0 Å². The van der Waals surface area contributed by atoms with Crippen LogP contribution in [0.2, 0.25) is 0 Å². The second-order valence-corrected chi connectivity index (χ2v) is 4.53. The van der Waals surface area contributed by atoms with Crippen LogP contribution in [-0.2, 0) is 6.61 Å². The first-order valence-electron chi connectivity index (χ1n) is 6.30. The van der Waals surface area contributed by atoms with E-state index in [9.17, 15) is 4.79 Å². The third-order valence-electron chi connectivity index (χ3n) is 2.61. The molecule has 2 aromatic rings. The van der Waals surface area contributed by atoms with Gasteiger partial charge in [0.05, 0.1) is 6.26 Å². The van der Waals surface area contributed by atoms with Gasteiger partial charge in [-0.05, 0) is 5.56 Å². The number of hydrogen-bond acceptors (Lipinski definition) is 4. The molecule has 0 unspecified atom stereocenters. The first-order chi connectivity index (χ1) is 9.66. The molecule has 1 heterocycles. The Balaban J connectivity index is 2.20. The minimum absolute atomic E-state index is 0.189. The van der Waals surface area contributed by atoms with Gasteiger partial charge in [0.25, 0.3) is 0 Å². The van der Waals surface area contributed by atoms with Crippen molar-refractivity contribution in [1.29, 1.82) is 0 Å². The van der Waals surface area contributed by atoms with Crippen LogP contribution >= 0.6 is 0 Å². The molecule has 0 spiro atoms. The molecule has 1 aromatic carbocycles. The molecule has 1 aromatic heterocycles. The summed E-state index contributed by atoms with van der Waals surface area (Å²) in [4.78, 5) is 13.7. The van der Waals surface area contributed by atoms with Crippen molar-refractivity contribution in [2.75, 3.05) is 14.1 Å². The quantitative estimate of drug-likeness (QED) is 0.838. The molecule has 0 aliphatic heterocycles. The summed E-state index contributed by atoms with van der Waals surface area (Å²) in [6.07, 6.45) is 4.88. The van der Waals surface area contributed by atoms with Crippen LogP contribution < -0.4 is 10.2 Å². The van der Waals surface area contributed by atoms with Crippen molar-refractivity contribution in [3.05, 3.63) is 70.4 Å². The number of hydrogen-bond donors (Lipinski definition) is 0. The van der Waals surface area contributed by atoms with Crippen LogP contribution in [0.3, 0.4) is 0 Å². The Morgan fingerprint density at radius 3 is 2.65 bits per heavy atom. The van der Waals surface area contributed by atoms with E-state index in [-0.39, 0.29) is 11.2 Å². The predicted octanol–water partition coefficient (Wildman–Crippen LogP) is 2.75. The molecule has 0 aliphatic carbocycles. The summed E-state index contributed by atoms with van der Waals surface area (Å²) in [6, 6.07) is 11.0. The van der Waals surface area contributed by atoms with Gasteiger partial charge in [-0.15, -0.1) is 0 Å². The Morgan fingerprint density at radius 1 is 1.20 bits per heavy atom. The Labute approximate surface area is 117 Å². The Hall–Kier alpha value is -2.49. The maximum Gasteiger partial charge on any atom is 0.227 e.